The number of hydrogen-bond acceptors (Lipinski definition) is 5. The van der Waals surface area contributed by atoms with Gasteiger partial charge in [0.1, 0.15) is 31.1 Å². The summed E-state index contributed by atoms with van der Waals surface area (Å²) in [5, 5.41) is 41.4. The van der Waals surface area contributed by atoms with Gasteiger partial charge in [-0.05, 0) is 41.8 Å². The van der Waals surface area contributed by atoms with E-state index in [1.165, 1.54) is 18.2 Å². The third-order valence-corrected chi connectivity index (χ3v) is 5.28. The number of rotatable bonds is 4. The lowest BCUT2D eigenvalue weighted by molar-refractivity contribution is -0.355. The van der Waals surface area contributed by atoms with Gasteiger partial charge < -0.3 is 25.2 Å². The molecule has 0 aromatic heterocycles. The zero-order valence-electron chi connectivity index (χ0n) is 14.8. The van der Waals surface area contributed by atoms with Crippen LogP contribution in [-0.2, 0) is 16.9 Å². The Kier molecular flexibility index (Phi) is 6.06. The van der Waals surface area contributed by atoms with Gasteiger partial charge in [0, 0.05) is 16.1 Å². The number of benzene rings is 2. The largest absolute Gasteiger partial charge is 0.387 e. The molecule has 1 aliphatic rings. The Morgan fingerprint density at radius 1 is 1.11 bits per heavy atom. The van der Waals surface area contributed by atoms with Gasteiger partial charge in [-0.1, -0.05) is 35.7 Å². The molecule has 5 nitrogen and oxygen atoms in total. The highest BCUT2D eigenvalue weighted by molar-refractivity contribution is 6.31. The smallest absolute Gasteiger partial charge is 0.222 e. The Morgan fingerprint density at radius 2 is 1.79 bits per heavy atom. The van der Waals surface area contributed by atoms with Gasteiger partial charge in [0.15, 0.2) is 0 Å². The van der Waals surface area contributed by atoms with Gasteiger partial charge in [0.25, 0.3) is 0 Å². The molecule has 0 spiro atoms. The molecule has 5 atom stereocenters. The summed E-state index contributed by atoms with van der Waals surface area (Å²) in [4.78, 5) is 0. The first-order valence-corrected chi connectivity index (χ1v) is 9.02. The third-order valence-electron chi connectivity index (χ3n) is 4.91. The number of aliphatic hydroxyl groups excluding tert-OH is 3. The quantitative estimate of drug-likeness (QED) is 0.578. The Balaban J connectivity index is 1.94. The fourth-order valence-electron chi connectivity index (χ4n) is 3.24. The minimum atomic E-state index is -2.40. The van der Waals surface area contributed by atoms with Crippen molar-refractivity contribution in [2.75, 3.05) is 6.67 Å². The van der Waals surface area contributed by atoms with E-state index in [4.69, 9.17) is 22.8 Å². The molecule has 0 radical (unpaired) electrons. The van der Waals surface area contributed by atoms with Crippen LogP contribution in [0.15, 0.2) is 42.5 Å². The van der Waals surface area contributed by atoms with Crippen molar-refractivity contribution in [1.29, 1.82) is 0 Å². The number of alkyl halides is 1. The van der Waals surface area contributed by atoms with Gasteiger partial charge in [-0.2, -0.15) is 0 Å². The average molecular weight is 407 g/mol. The summed E-state index contributed by atoms with van der Waals surface area (Å²) >= 11 is 6.27. The predicted octanol–water partition coefficient (Wildman–Crippen LogP) is 1.51. The first kappa shape index (κ1) is 20.7. The van der Waals surface area contributed by atoms with Crippen molar-refractivity contribution in [3.05, 3.63) is 69.7 Å². The second-order valence-electron chi connectivity index (χ2n) is 6.76. The molecule has 1 aliphatic heterocycles. The van der Waals surface area contributed by atoms with E-state index in [1.54, 1.807) is 12.1 Å². The fraction of sp³-hybridized carbons (Fsp3) is 0.333. The van der Waals surface area contributed by atoms with Crippen LogP contribution >= 0.6 is 11.6 Å². The molecule has 1 fully saturated rings. The first-order valence-electron chi connectivity index (χ1n) is 8.65. The normalized spacial score (nSPS) is 30.0. The molecule has 28 heavy (non-hydrogen) atoms. The number of hydrogen-bond donors (Lipinski definition) is 4. The minimum absolute atomic E-state index is 0.0871. The zero-order valence-corrected chi connectivity index (χ0v) is 15.6. The molecule has 0 saturated carbocycles. The lowest BCUT2D eigenvalue weighted by Gasteiger charge is -2.45. The maximum absolute atomic E-state index is 13.2. The topological polar surface area (TPSA) is 90.2 Å². The van der Waals surface area contributed by atoms with Crippen LogP contribution in [0, 0.1) is 12.3 Å². The van der Waals surface area contributed by atoms with Crippen molar-refractivity contribution in [3.63, 3.8) is 0 Å². The van der Waals surface area contributed by atoms with Crippen LogP contribution in [0.4, 0.5) is 4.39 Å². The van der Waals surface area contributed by atoms with Gasteiger partial charge in [0.05, 0.1) is 0 Å². The van der Waals surface area contributed by atoms with Crippen LogP contribution < -0.4 is 0 Å². The number of aliphatic hydroxyl groups is 4. The molecular formula is C21H20ClFO5. The van der Waals surface area contributed by atoms with Crippen molar-refractivity contribution in [2.45, 2.75) is 36.6 Å². The SMILES string of the molecule is C#Cc1ccc(Cc2cc([C@]3(O)O[C@H](CF)[C@@H](O)[C@H](O)[C@H]3O)ccc2Cl)cc1. The highest BCUT2D eigenvalue weighted by atomic mass is 35.5. The maximum Gasteiger partial charge on any atom is 0.222 e. The minimum Gasteiger partial charge on any atom is -0.387 e. The lowest BCUT2D eigenvalue weighted by Crippen LogP contribution is -2.63. The summed E-state index contributed by atoms with van der Waals surface area (Å²) in [7, 11) is 0. The number of terminal acetylenes is 1. The summed E-state index contributed by atoms with van der Waals surface area (Å²) in [6, 6.07) is 11.7. The lowest BCUT2D eigenvalue weighted by atomic mass is 9.87. The van der Waals surface area contributed by atoms with Crippen molar-refractivity contribution in [3.8, 4) is 12.3 Å². The van der Waals surface area contributed by atoms with Gasteiger partial charge in [-0.15, -0.1) is 6.42 Å². The van der Waals surface area contributed by atoms with Crippen LogP contribution in [-0.4, -0.2) is 51.5 Å². The van der Waals surface area contributed by atoms with E-state index in [9.17, 15) is 24.8 Å². The number of ether oxygens (including phenoxy) is 1. The van der Waals surface area contributed by atoms with E-state index in [0.29, 0.717) is 17.0 Å². The average Bonchev–Trinajstić information content (AvgIpc) is 2.71. The van der Waals surface area contributed by atoms with Gasteiger partial charge in [0.2, 0.25) is 5.79 Å². The summed E-state index contributed by atoms with van der Waals surface area (Å²) in [5.41, 5.74) is 2.35. The molecule has 2 aromatic rings. The van der Waals surface area contributed by atoms with Gasteiger partial charge in [-0.25, -0.2) is 4.39 Å². The number of halogens is 2. The molecule has 7 heteroatoms. The van der Waals surface area contributed by atoms with E-state index in [1.807, 2.05) is 12.1 Å². The fourth-order valence-corrected chi connectivity index (χ4v) is 3.43. The molecule has 148 valence electrons. The highest BCUT2D eigenvalue weighted by Crippen LogP contribution is 2.38. The molecule has 4 N–H and O–H groups in total. The monoisotopic (exact) mass is 406 g/mol. The summed E-state index contributed by atoms with van der Waals surface area (Å²) in [6.45, 7) is -1.14. The molecule has 0 amide bonds. The van der Waals surface area contributed by atoms with E-state index in [0.717, 1.165) is 11.1 Å². The van der Waals surface area contributed by atoms with Crippen LogP contribution in [0.3, 0.4) is 0 Å². The second kappa shape index (κ2) is 8.18. The third kappa shape index (κ3) is 3.78. The van der Waals surface area contributed by atoms with Crippen LogP contribution in [0.25, 0.3) is 0 Å². The predicted molar refractivity (Wildman–Crippen MR) is 101 cm³/mol. The second-order valence-corrected chi connectivity index (χ2v) is 7.16. The zero-order chi connectivity index (χ0) is 20.5. The maximum atomic E-state index is 13.2. The van der Waals surface area contributed by atoms with Crippen molar-refractivity contribution in [2.24, 2.45) is 0 Å². The first-order chi connectivity index (χ1) is 13.3. The van der Waals surface area contributed by atoms with E-state index < -0.39 is 36.9 Å². The summed E-state index contributed by atoms with van der Waals surface area (Å²) in [6.07, 6.45) is -1.06. The van der Waals surface area contributed by atoms with Crippen molar-refractivity contribution < 1.29 is 29.6 Å². The molecule has 0 bridgehead atoms. The Hall–Kier alpha value is -1.98. The molecule has 1 saturated heterocycles. The van der Waals surface area contributed by atoms with Crippen molar-refractivity contribution >= 4 is 11.6 Å². The van der Waals surface area contributed by atoms with E-state index >= 15 is 0 Å². The molecular weight excluding hydrogens is 387 g/mol. The standard InChI is InChI=1S/C21H20ClFO5/c1-2-12-3-5-13(6-4-12)9-14-10-15(7-8-16(14)22)21(27)20(26)19(25)18(24)17(11-23)28-21/h1,3-8,10,17-20,24-27H,9,11H2/t17-,18-,19+,20-,21+/m1/s1. The van der Waals surface area contributed by atoms with Crippen LogP contribution in [0.5, 0.6) is 0 Å². The molecule has 2 aromatic carbocycles. The summed E-state index contributed by atoms with van der Waals surface area (Å²) in [5.74, 6) is 0.130. The van der Waals surface area contributed by atoms with Crippen LogP contribution in [0.2, 0.25) is 5.02 Å². The Morgan fingerprint density at radius 3 is 2.39 bits per heavy atom. The molecule has 0 aliphatic carbocycles. The van der Waals surface area contributed by atoms with Gasteiger partial charge >= 0.3 is 0 Å². The van der Waals surface area contributed by atoms with E-state index in [2.05, 4.69) is 5.92 Å². The molecule has 1 heterocycles. The Labute approximate surface area is 167 Å². The molecule has 3 rings (SSSR count). The van der Waals surface area contributed by atoms with Crippen LogP contribution in [0.1, 0.15) is 22.3 Å². The molecule has 0 unspecified atom stereocenters. The highest BCUT2D eigenvalue weighted by Gasteiger charge is 2.53. The van der Waals surface area contributed by atoms with E-state index in [-0.39, 0.29) is 5.56 Å². The van der Waals surface area contributed by atoms with Gasteiger partial charge in [-0.3, -0.25) is 0 Å². The summed E-state index contributed by atoms with van der Waals surface area (Å²) < 4.78 is 18.4. The van der Waals surface area contributed by atoms with Crippen molar-refractivity contribution in [1.82, 2.24) is 0 Å². The Bertz CT molecular complexity index is 879.